The van der Waals surface area contributed by atoms with Crippen LogP contribution < -0.4 is 0 Å². The van der Waals surface area contributed by atoms with Gasteiger partial charge in [0.05, 0.1) is 11.1 Å². The van der Waals surface area contributed by atoms with E-state index in [1.54, 1.807) is 6.08 Å². The lowest BCUT2D eigenvalue weighted by Gasteiger charge is -1.74. The molecule has 1 rings (SSSR count). The molecule has 0 saturated heterocycles. The highest BCUT2D eigenvalue weighted by Crippen LogP contribution is 2.19. The van der Waals surface area contributed by atoms with Gasteiger partial charge in [-0.15, -0.1) is 11.3 Å². The van der Waals surface area contributed by atoms with Crippen LogP contribution >= 0.6 is 22.9 Å². The van der Waals surface area contributed by atoms with E-state index in [1.807, 2.05) is 17.5 Å². The highest BCUT2D eigenvalue weighted by Gasteiger charge is 1.90. The van der Waals surface area contributed by atoms with E-state index in [-0.39, 0.29) is 0 Å². The molecule has 0 saturated carbocycles. The average molecular weight is 170 g/mol. The summed E-state index contributed by atoms with van der Waals surface area (Å²) in [6.07, 6.45) is 3.17. The summed E-state index contributed by atoms with van der Waals surface area (Å²) in [6.45, 7) is 0. The van der Waals surface area contributed by atoms with E-state index in [4.69, 9.17) is 16.9 Å². The normalized spacial score (nSPS) is 10.0. The predicted molar refractivity (Wildman–Crippen MR) is 44.0 cm³/mol. The maximum Gasteiger partial charge on any atom is 0.0912 e. The molecule has 3 heteroatoms. The van der Waals surface area contributed by atoms with Gasteiger partial charge in [-0.2, -0.15) is 5.26 Å². The molecule has 0 radical (unpaired) electrons. The van der Waals surface area contributed by atoms with Crippen molar-refractivity contribution < 1.29 is 0 Å². The van der Waals surface area contributed by atoms with Crippen LogP contribution in [-0.2, 0) is 0 Å². The predicted octanol–water partition coefficient (Wildman–Crippen LogP) is 2.94. The number of halogens is 1. The van der Waals surface area contributed by atoms with Gasteiger partial charge in [-0.05, 0) is 12.1 Å². The Bertz CT molecular complexity index is 282. The molecule has 0 N–H and O–H groups in total. The van der Waals surface area contributed by atoms with Crippen molar-refractivity contribution in [1.29, 1.82) is 5.26 Å². The SMILES string of the molecule is N#CC=Cc1cc(Cl)cs1. The molecule has 10 heavy (non-hydrogen) atoms. The molecule has 0 aliphatic heterocycles. The highest BCUT2D eigenvalue weighted by atomic mass is 35.5. The molecule has 1 nitrogen and oxygen atoms in total. The lowest BCUT2D eigenvalue weighted by atomic mass is 10.4. The Hall–Kier alpha value is -0.780. The number of thiophene rings is 1. The molecule has 0 bridgehead atoms. The van der Waals surface area contributed by atoms with E-state index in [9.17, 15) is 0 Å². The Kier molecular flexibility index (Phi) is 2.49. The van der Waals surface area contributed by atoms with E-state index in [0.717, 1.165) is 9.90 Å². The van der Waals surface area contributed by atoms with Crippen molar-refractivity contribution >= 4 is 29.0 Å². The fourth-order valence-corrected chi connectivity index (χ4v) is 1.51. The molecule has 0 atom stereocenters. The molecular formula is C7H4ClNS. The minimum atomic E-state index is 0.725. The first kappa shape index (κ1) is 7.33. The van der Waals surface area contributed by atoms with Crippen LogP contribution in [-0.4, -0.2) is 0 Å². The van der Waals surface area contributed by atoms with Crippen molar-refractivity contribution in [2.45, 2.75) is 0 Å². The van der Waals surface area contributed by atoms with Crippen molar-refractivity contribution in [2.75, 3.05) is 0 Å². The maximum absolute atomic E-state index is 8.17. The fourth-order valence-electron chi connectivity index (χ4n) is 0.535. The van der Waals surface area contributed by atoms with Gasteiger partial charge >= 0.3 is 0 Å². The molecule has 0 unspecified atom stereocenters. The van der Waals surface area contributed by atoms with E-state index in [1.165, 1.54) is 17.4 Å². The smallest absolute Gasteiger partial charge is 0.0912 e. The summed E-state index contributed by atoms with van der Waals surface area (Å²) in [7, 11) is 0. The lowest BCUT2D eigenvalue weighted by molar-refractivity contribution is 1.54. The molecule has 1 heterocycles. The highest BCUT2D eigenvalue weighted by molar-refractivity contribution is 7.11. The standard InChI is InChI=1S/C7H4ClNS/c8-6-4-7(10-5-6)2-1-3-9/h1-2,4-5H. The number of hydrogen-bond donors (Lipinski definition) is 0. The zero-order valence-electron chi connectivity index (χ0n) is 5.04. The lowest BCUT2D eigenvalue weighted by Crippen LogP contribution is -1.53. The van der Waals surface area contributed by atoms with Gasteiger partial charge in [0, 0.05) is 16.3 Å². The van der Waals surface area contributed by atoms with Gasteiger partial charge in [-0.3, -0.25) is 0 Å². The quantitative estimate of drug-likeness (QED) is 0.593. The van der Waals surface area contributed by atoms with E-state index >= 15 is 0 Å². The molecule has 1 aromatic heterocycles. The van der Waals surface area contributed by atoms with Crippen LogP contribution in [0.2, 0.25) is 5.02 Å². The van der Waals surface area contributed by atoms with E-state index in [2.05, 4.69) is 0 Å². The Balaban J connectivity index is 2.78. The van der Waals surface area contributed by atoms with Gasteiger partial charge < -0.3 is 0 Å². The first-order valence-corrected chi connectivity index (χ1v) is 3.89. The van der Waals surface area contributed by atoms with E-state index < -0.39 is 0 Å². The zero-order valence-corrected chi connectivity index (χ0v) is 6.62. The summed E-state index contributed by atoms with van der Waals surface area (Å²) in [5.41, 5.74) is 0. The molecule has 1 aromatic rings. The number of nitrogens with zero attached hydrogens (tertiary/aromatic N) is 1. The molecule has 50 valence electrons. The van der Waals surface area contributed by atoms with Crippen LogP contribution in [0, 0.1) is 11.3 Å². The van der Waals surface area contributed by atoms with Crippen molar-refractivity contribution in [3.05, 3.63) is 27.4 Å². The second kappa shape index (κ2) is 3.40. The first-order chi connectivity index (χ1) is 4.83. The summed E-state index contributed by atoms with van der Waals surface area (Å²) in [6, 6.07) is 3.73. The van der Waals surface area contributed by atoms with Gasteiger partial charge in [0.25, 0.3) is 0 Å². The van der Waals surface area contributed by atoms with Crippen molar-refractivity contribution in [3.8, 4) is 6.07 Å². The van der Waals surface area contributed by atoms with Gasteiger partial charge in [-0.1, -0.05) is 11.6 Å². The molecule has 0 aliphatic rings. The molecule has 0 aliphatic carbocycles. The topological polar surface area (TPSA) is 23.8 Å². The monoisotopic (exact) mass is 169 g/mol. The Labute approximate surface area is 68.2 Å². The van der Waals surface area contributed by atoms with Gasteiger partial charge in [0.15, 0.2) is 0 Å². The minimum Gasteiger partial charge on any atom is -0.193 e. The minimum absolute atomic E-state index is 0.725. The zero-order chi connectivity index (χ0) is 7.40. The molecule has 0 aromatic carbocycles. The van der Waals surface area contributed by atoms with Crippen LogP contribution in [0.5, 0.6) is 0 Å². The van der Waals surface area contributed by atoms with Crippen molar-refractivity contribution in [1.82, 2.24) is 0 Å². The largest absolute Gasteiger partial charge is 0.193 e. The van der Waals surface area contributed by atoms with Crippen LogP contribution in [0.3, 0.4) is 0 Å². The van der Waals surface area contributed by atoms with Crippen molar-refractivity contribution in [3.63, 3.8) is 0 Å². The molecule has 0 fully saturated rings. The molecular weight excluding hydrogens is 166 g/mol. The average Bonchev–Trinajstić information content (AvgIpc) is 2.31. The third-order valence-electron chi connectivity index (χ3n) is 0.910. The fraction of sp³-hybridized carbons (Fsp3) is 0. The first-order valence-electron chi connectivity index (χ1n) is 2.63. The Morgan fingerprint density at radius 1 is 1.70 bits per heavy atom. The van der Waals surface area contributed by atoms with Crippen LogP contribution in [0.1, 0.15) is 4.88 Å². The summed E-state index contributed by atoms with van der Waals surface area (Å²) in [5, 5.41) is 10.7. The molecule has 0 spiro atoms. The summed E-state index contributed by atoms with van der Waals surface area (Å²) in [4.78, 5) is 1.01. The third-order valence-corrected chi connectivity index (χ3v) is 2.16. The second-order valence-corrected chi connectivity index (χ2v) is 3.01. The van der Waals surface area contributed by atoms with Crippen LogP contribution in [0.15, 0.2) is 17.5 Å². The van der Waals surface area contributed by atoms with Crippen molar-refractivity contribution in [2.24, 2.45) is 0 Å². The number of rotatable bonds is 1. The summed E-state index contributed by atoms with van der Waals surface area (Å²) < 4.78 is 0. The van der Waals surface area contributed by atoms with Crippen LogP contribution in [0.25, 0.3) is 6.08 Å². The Morgan fingerprint density at radius 3 is 3.00 bits per heavy atom. The number of hydrogen-bond acceptors (Lipinski definition) is 2. The van der Waals surface area contributed by atoms with Gasteiger partial charge in [-0.25, -0.2) is 0 Å². The summed E-state index contributed by atoms with van der Waals surface area (Å²) >= 11 is 7.15. The maximum atomic E-state index is 8.17. The third kappa shape index (κ3) is 1.87. The second-order valence-electron chi connectivity index (χ2n) is 1.63. The number of nitriles is 1. The van der Waals surface area contributed by atoms with E-state index in [0.29, 0.717) is 0 Å². The summed E-state index contributed by atoms with van der Waals surface area (Å²) in [5.74, 6) is 0. The number of allylic oxidation sites excluding steroid dienone is 1. The Morgan fingerprint density at radius 2 is 2.50 bits per heavy atom. The molecule has 0 amide bonds. The van der Waals surface area contributed by atoms with Crippen LogP contribution in [0.4, 0.5) is 0 Å². The van der Waals surface area contributed by atoms with Gasteiger partial charge in [0.1, 0.15) is 0 Å². The van der Waals surface area contributed by atoms with Gasteiger partial charge in [0.2, 0.25) is 0 Å².